The summed E-state index contributed by atoms with van der Waals surface area (Å²) in [5, 5.41) is 9.69. The highest BCUT2D eigenvalue weighted by atomic mass is 32.2. The molecule has 0 spiro atoms. The zero-order chi connectivity index (χ0) is 19.1. The highest BCUT2D eigenvalue weighted by molar-refractivity contribution is 7.89. The molecule has 0 amide bonds. The van der Waals surface area contributed by atoms with Crippen molar-refractivity contribution in [3.63, 3.8) is 0 Å². The van der Waals surface area contributed by atoms with Gasteiger partial charge in [0.15, 0.2) is 0 Å². The highest BCUT2D eigenvalue weighted by Gasteiger charge is 2.36. The lowest BCUT2D eigenvalue weighted by molar-refractivity contribution is 0.149. The Bertz CT molecular complexity index is 1050. The first-order chi connectivity index (χ1) is 12.2. The number of hydrogen-bond acceptors (Lipinski definition) is 4. The van der Waals surface area contributed by atoms with Crippen LogP contribution in [0.3, 0.4) is 0 Å². The van der Waals surface area contributed by atoms with Crippen molar-refractivity contribution in [2.24, 2.45) is 0 Å². The fourth-order valence-electron chi connectivity index (χ4n) is 2.95. The molecule has 0 fully saturated rings. The average molecular weight is 372 g/mol. The van der Waals surface area contributed by atoms with Crippen LogP contribution in [0.4, 0.5) is 4.39 Å². The number of nitrogens with one attached hydrogen (secondary N) is 1. The first-order valence-electron chi connectivity index (χ1n) is 7.87. The van der Waals surface area contributed by atoms with Crippen molar-refractivity contribution in [2.75, 3.05) is 7.05 Å². The lowest BCUT2D eigenvalue weighted by atomic mass is 9.83. The largest absolute Gasteiger partial charge is 0.482 e. The summed E-state index contributed by atoms with van der Waals surface area (Å²) in [6, 6.07) is 12.5. The molecular weight excluding hydrogens is 355 g/mol. The summed E-state index contributed by atoms with van der Waals surface area (Å²) in [4.78, 5) is 0.0633. The van der Waals surface area contributed by atoms with Crippen LogP contribution in [0, 0.1) is 17.1 Å². The molecular formula is C19H17FN2O3S. The number of halogens is 1. The fraction of sp³-hybridized carbons (Fsp3) is 0.211. The maximum absolute atomic E-state index is 13.3. The number of sulfonamides is 1. The summed E-state index contributed by atoms with van der Waals surface area (Å²) in [6.07, 6.45) is 0. The van der Waals surface area contributed by atoms with Crippen molar-refractivity contribution in [3.8, 4) is 11.8 Å². The first kappa shape index (κ1) is 18.1. The normalized spacial score (nSPS) is 15.8. The van der Waals surface area contributed by atoms with Crippen molar-refractivity contribution in [1.29, 1.82) is 5.26 Å². The van der Waals surface area contributed by atoms with E-state index in [4.69, 9.17) is 4.74 Å². The molecule has 5 nitrogen and oxygen atoms in total. The van der Waals surface area contributed by atoms with Crippen molar-refractivity contribution in [2.45, 2.75) is 24.3 Å². The Hall–Kier alpha value is -2.69. The van der Waals surface area contributed by atoms with Gasteiger partial charge in [-0.1, -0.05) is 12.1 Å². The molecule has 0 unspecified atom stereocenters. The summed E-state index contributed by atoms with van der Waals surface area (Å²) >= 11 is 0. The molecule has 1 N–H and O–H groups in total. The molecule has 0 atom stereocenters. The molecule has 1 aliphatic heterocycles. The Morgan fingerprint density at radius 3 is 2.38 bits per heavy atom. The predicted octanol–water partition coefficient (Wildman–Crippen LogP) is 3.23. The molecule has 0 saturated heterocycles. The highest BCUT2D eigenvalue weighted by Crippen LogP contribution is 2.44. The van der Waals surface area contributed by atoms with Crippen LogP contribution < -0.4 is 9.46 Å². The Labute approximate surface area is 151 Å². The molecule has 134 valence electrons. The van der Waals surface area contributed by atoms with E-state index in [1.54, 1.807) is 32.0 Å². The van der Waals surface area contributed by atoms with Gasteiger partial charge in [0.2, 0.25) is 10.0 Å². The fourth-order valence-corrected chi connectivity index (χ4v) is 3.69. The van der Waals surface area contributed by atoms with Gasteiger partial charge in [-0.05, 0) is 50.7 Å². The molecule has 2 aromatic rings. The molecule has 0 bridgehead atoms. The number of ether oxygens (including phenoxy) is 1. The van der Waals surface area contributed by atoms with E-state index in [-0.39, 0.29) is 10.7 Å². The molecule has 0 aromatic heterocycles. The van der Waals surface area contributed by atoms with Crippen LogP contribution in [0.15, 0.2) is 52.9 Å². The van der Waals surface area contributed by atoms with Crippen LogP contribution in [0.5, 0.6) is 5.75 Å². The Balaban J connectivity index is 2.30. The number of nitrogens with zero attached hydrogens (tertiary/aromatic N) is 1. The average Bonchev–Trinajstić information content (AvgIpc) is 2.60. The molecule has 2 aromatic carbocycles. The summed E-state index contributed by atoms with van der Waals surface area (Å²) in [5.41, 5.74) is 1.27. The van der Waals surface area contributed by atoms with Gasteiger partial charge >= 0.3 is 0 Å². The minimum Gasteiger partial charge on any atom is -0.482 e. The van der Waals surface area contributed by atoms with Crippen LogP contribution in [0.2, 0.25) is 0 Å². The molecule has 3 rings (SSSR count). The second-order valence-electron chi connectivity index (χ2n) is 6.35. The van der Waals surface area contributed by atoms with E-state index in [9.17, 15) is 18.1 Å². The van der Waals surface area contributed by atoms with Gasteiger partial charge in [0.05, 0.1) is 16.5 Å². The number of benzene rings is 2. The van der Waals surface area contributed by atoms with Gasteiger partial charge < -0.3 is 4.74 Å². The molecule has 0 radical (unpaired) electrons. The van der Waals surface area contributed by atoms with Crippen LogP contribution in [0.1, 0.15) is 25.0 Å². The van der Waals surface area contributed by atoms with Gasteiger partial charge in [-0.3, -0.25) is 0 Å². The van der Waals surface area contributed by atoms with Gasteiger partial charge in [0, 0.05) is 17.2 Å². The number of nitriles is 1. The topological polar surface area (TPSA) is 79.2 Å². The van der Waals surface area contributed by atoms with E-state index < -0.39 is 15.6 Å². The van der Waals surface area contributed by atoms with Crippen LogP contribution in [-0.4, -0.2) is 21.1 Å². The van der Waals surface area contributed by atoms with Crippen molar-refractivity contribution in [3.05, 3.63) is 65.0 Å². The maximum Gasteiger partial charge on any atom is 0.240 e. The number of rotatable bonds is 3. The molecule has 1 aliphatic rings. The van der Waals surface area contributed by atoms with Crippen LogP contribution >= 0.6 is 0 Å². The zero-order valence-electron chi connectivity index (χ0n) is 14.5. The van der Waals surface area contributed by atoms with Crippen molar-refractivity contribution >= 4 is 15.6 Å². The molecule has 7 heteroatoms. The standard InChI is InChI=1S/C19H17FN2O3S/c1-19(2)16(11-21)18(12-4-6-13(20)7-5-12)15-9-8-14(10-17(15)25-19)26(23,24)22-3/h4-10,22H,1-3H3. The van der Waals surface area contributed by atoms with E-state index in [0.29, 0.717) is 28.0 Å². The smallest absolute Gasteiger partial charge is 0.240 e. The lowest BCUT2D eigenvalue weighted by Gasteiger charge is -2.34. The summed E-state index contributed by atoms with van der Waals surface area (Å²) in [5.74, 6) is -0.0282. The third kappa shape index (κ3) is 2.98. The lowest BCUT2D eigenvalue weighted by Crippen LogP contribution is -2.34. The Morgan fingerprint density at radius 1 is 1.15 bits per heavy atom. The minimum atomic E-state index is -3.64. The Morgan fingerprint density at radius 2 is 1.81 bits per heavy atom. The second kappa shape index (κ2) is 6.24. The van der Waals surface area contributed by atoms with Gasteiger partial charge in [-0.25, -0.2) is 17.5 Å². The monoisotopic (exact) mass is 372 g/mol. The van der Waals surface area contributed by atoms with Gasteiger partial charge in [-0.2, -0.15) is 5.26 Å². The number of fused-ring (bicyclic) bond motifs is 1. The summed E-state index contributed by atoms with van der Waals surface area (Å²) in [7, 11) is -2.31. The third-order valence-electron chi connectivity index (χ3n) is 4.26. The summed E-state index contributed by atoms with van der Waals surface area (Å²) < 4.78 is 45.7. The number of hydrogen-bond donors (Lipinski definition) is 1. The minimum absolute atomic E-state index is 0.0633. The molecule has 1 heterocycles. The van der Waals surface area contributed by atoms with Gasteiger partial charge in [0.1, 0.15) is 17.2 Å². The summed E-state index contributed by atoms with van der Waals surface area (Å²) in [6.45, 7) is 3.47. The van der Waals surface area contributed by atoms with Crippen molar-refractivity contribution < 1.29 is 17.5 Å². The molecule has 26 heavy (non-hydrogen) atoms. The Kier molecular flexibility index (Phi) is 4.34. The van der Waals surface area contributed by atoms with Crippen molar-refractivity contribution in [1.82, 2.24) is 4.72 Å². The second-order valence-corrected chi connectivity index (χ2v) is 8.23. The van der Waals surface area contributed by atoms with Crippen LogP contribution in [-0.2, 0) is 10.0 Å². The van der Waals surface area contributed by atoms with Crippen LogP contribution in [0.25, 0.3) is 5.57 Å². The van der Waals surface area contributed by atoms with E-state index in [0.717, 1.165) is 0 Å². The predicted molar refractivity (Wildman–Crippen MR) is 95.4 cm³/mol. The van der Waals surface area contributed by atoms with E-state index in [1.807, 2.05) is 0 Å². The SMILES string of the molecule is CNS(=O)(=O)c1ccc2c(c1)OC(C)(C)C(C#N)=C2c1ccc(F)cc1. The van der Waals surface area contributed by atoms with E-state index >= 15 is 0 Å². The van der Waals surface area contributed by atoms with Gasteiger partial charge in [0.25, 0.3) is 0 Å². The molecule has 0 saturated carbocycles. The molecule has 0 aliphatic carbocycles. The van der Waals surface area contributed by atoms with E-state index in [1.165, 1.54) is 31.3 Å². The first-order valence-corrected chi connectivity index (χ1v) is 9.35. The third-order valence-corrected chi connectivity index (χ3v) is 5.68. The maximum atomic E-state index is 13.3. The quantitative estimate of drug-likeness (QED) is 0.897. The van der Waals surface area contributed by atoms with Gasteiger partial charge in [-0.15, -0.1) is 0 Å². The zero-order valence-corrected chi connectivity index (χ0v) is 15.3. The van der Waals surface area contributed by atoms with E-state index in [2.05, 4.69) is 10.8 Å².